The number of carbonyl (C=O) groups excluding carboxylic acids is 1. The number of amides is 1. The van der Waals surface area contributed by atoms with Crippen LogP contribution in [0.4, 0.5) is 0 Å². The largest absolute Gasteiger partial charge is 0.481 e. The molecular weight excluding hydrogens is 270 g/mol. The number of rotatable bonds is 9. The summed E-state index contributed by atoms with van der Waals surface area (Å²) < 4.78 is 5.34. The third kappa shape index (κ3) is 8.09. The van der Waals surface area contributed by atoms with Gasteiger partial charge in [-0.3, -0.25) is 9.59 Å². The third-order valence-corrected chi connectivity index (χ3v) is 3.05. The molecule has 1 rings (SSSR count). The van der Waals surface area contributed by atoms with Crippen LogP contribution in [0.25, 0.3) is 0 Å². The van der Waals surface area contributed by atoms with Gasteiger partial charge in [0, 0.05) is 12.0 Å². The van der Waals surface area contributed by atoms with E-state index in [4.69, 9.17) is 9.84 Å². The molecule has 116 valence electrons. The molecule has 5 heteroatoms. The van der Waals surface area contributed by atoms with E-state index in [0.29, 0.717) is 13.0 Å². The first kappa shape index (κ1) is 17.2. The van der Waals surface area contributed by atoms with Gasteiger partial charge in [-0.25, -0.2) is 0 Å². The maximum atomic E-state index is 11.7. The van der Waals surface area contributed by atoms with E-state index < -0.39 is 11.5 Å². The van der Waals surface area contributed by atoms with Crippen LogP contribution in [0.3, 0.4) is 0 Å². The molecule has 0 bridgehead atoms. The van der Waals surface area contributed by atoms with E-state index in [9.17, 15) is 9.59 Å². The third-order valence-electron chi connectivity index (χ3n) is 3.05. The summed E-state index contributed by atoms with van der Waals surface area (Å²) in [7, 11) is 0. The van der Waals surface area contributed by atoms with Crippen molar-refractivity contribution in [2.45, 2.75) is 38.6 Å². The minimum atomic E-state index is -0.864. The molecule has 5 nitrogen and oxygen atoms in total. The summed E-state index contributed by atoms with van der Waals surface area (Å²) in [5.74, 6) is -1.09. The van der Waals surface area contributed by atoms with Gasteiger partial charge in [-0.05, 0) is 32.3 Å². The zero-order valence-electron chi connectivity index (χ0n) is 12.6. The Labute approximate surface area is 125 Å². The molecule has 21 heavy (non-hydrogen) atoms. The molecule has 0 aromatic heterocycles. The molecule has 1 amide bonds. The molecule has 1 aromatic rings. The first-order chi connectivity index (χ1) is 9.89. The Kier molecular flexibility index (Phi) is 6.88. The van der Waals surface area contributed by atoms with Crippen molar-refractivity contribution in [3.63, 3.8) is 0 Å². The smallest absolute Gasteiger partial charge is 0.303 e. The fraction of sp³-hybridized carbons (Fsp3) is 0.500. The first-order valence-electron chi connectivity index (χ1n) is 7.03. The van der Waals surface area contributed by atoms with Gasteiger partial charge in [-0.1, -0.05) is 30.3 Å². The zero-order chi connectivity index (χ0) is 15.7. The second-order valence-electron chi connectivity index (χ2n) is 5.61. The monoisotopic (exact) mass is 293 g/mol. The SMILES string of the molecule is CC(C)(CCC(=O)O)NC(=O)COCCc1ccccc1. The molecular formula is C16H23NO4. The lowest BCUT2D eigenvalue weighted by Crippen LogP contribution is -2.45. The maximum absolute atomic E-state index is 11.7. The number of hydrogen-bond acceptors (Lipinski definition) is 3. The van der Waals surface area contributed by atoms with E-state index in [1.165, 1.54) is 5.56 Å². The highest BCUT2D eigenvalue weighted by Crippen LogP contribution is 2.11. The van der Waals surface area contributed by atoms with Crippen molar-refractivity contribution in [3.05, 3.63) is 35.9 Å². The first-order valence-corrected chi connectivity index (χ1v) is 7.03. The van der Waals surface area contributed by atoms with E-state index in [1.807, 2.05) is 30.3 Å². The van der Waals surface area contributed by atoms with E-state index in [2.05, 4.69) is 5.32 Å². The molecule has 0 unspecified atom stereocenters. The van der Waals surface area contributed by atoms with Crippen molar-refractivity contribution in [2.75, 3.05) is 13.2 Å². The summed E-state index contributed by atoms with van der Waals surface area (Å²) in [5, 5.41) is 11.4. The van der Waals surface area contributed by atoms with Crippen LogP contribution >= 0.6 is 0 Å². The Morgan fingerprint density at radius 1 is 1.24 bits per heavy atom. The number of hydrogen-bond donors (Lipinski definition) is 2. The quantitative estimate of drug-likeness (QED) is 0.683. The van der Waals surface area contributed by atoms with Crippen molar-refractivity contribution in [1.82, 2.24) is 5.32 Å². The lowest BCUT2D eigenvalue weighted by Gasteiger charge is -2.25. The van der Waals surface area contributed by atoms with Crippen LogP contribution in [0.2, 0.25) is 0 Å². The maximum Gasteiger partial charge on any atom is 0.303 e. The number of ether oxygens (including phenoxy) is 1. The molecule has 0 aliphatic carbocycles. The van der Waals surface area contributed by atoms with E-state index >= 15 is 0 Å². The highest BCUT2D eigenvalue weighted by atomic mass is 16.5. The molecule has 0 aliphatic rings. The molecule has 1 aromatic carbocycles. The molecule has 0 fully saturated rings. The van der Waals surface area contributed by atoms with Gasteiger partial charge in [-0.2, -0.15) is 0 Å². The summed E-state index contributed by atoms with van der Waals surface area (Å²) >= 11 is 0. The summed E-state index contributed by atoms with van der Waals surface area (Å²) in [4.78, 5) is 22.3. The van der Waals surface area contributed by atoms with Crippen LogP contribution in [0.1, 0.15) is 32.3 Å². The molecule has 0 atom stereocenters. The predicted molar refractivity (Wildman–Crippen MR) is 80.1 cm³/mol. The summed E-state index contributed by atoms with van der Waals surface area (Å²) in [6, 6.07) is 9.91. The predicted octanol–water partition coefficient (Wildman–Crippen LogP) is 2.01. The van der Waals surface area contributed by atoms with Crippen LogP contribution in [0.15, 0.2) is 30.3 Å². The lowest BCUT2D eigenvalue weighted by atomic mass is 9.98. The van der Waals surface area contributed by atoms with Gasteiger partial charge in [-0.15, -0.1) is 0 Å². The second kappa shape index (κ2) is 8.42. The molecule has 2 N–H and O–H groups in total. The van der Waals surface area contributed by atoms with Gasteiger partial charge in [0.15, 0.2) is 0 Å². The number of benzene rings is 1. The lowest BCUT2D eigenvalue weighted by molar-refractivity contribution is -0.138. The van der Waals surface area contributed by atoms with Crippen LogP contribution in [0.5, 0.6) is 0 Å². The van der Waals surface area contributed by atoms with Gasteiger partial charge in [0.05, 0.1) is 6.61 Å². The topological polar surface area (TPSA) is 75.6 Å². The molecule has 0 saturated heterocycles. The fourth-order valence-corrected chi connectivity index (χ4v) is 1.90. The van der Waals surface area contributed by atoms with Crippen molar-refractivity contribution >= 4 is 11.9 Å². The highest BCUT2D eigenvalue weighted by molar-refractivity contribution is 5.78. The van der Waals surface area contributed by atoms with Gasteiger partial charge in [0.25, 0.3) is 0 Å². The number of aliphatic carboxylic acids is 1. The zero-order valence-corrected chi connectivity index (χ0v) is 12.6. The summed E-state index contributed by atoms with van der Waals surface area (Å²) in [6.07, 6.45) is 1.18. The number of carboxylic acids is 1. The fourth-order valence-electron chi connectivity index (χ4n) is 1.90. The van der Waals surface area contributed by atoms with Gasteiger partial charge < -0.3 is 15.2 Å². The molecule has 0 spiro atoms. The Balaban J connectivity index is 2.20. The number of nitrogens with one attached hydrogen (secondary N) is 1. The molecule has 0 saturated carbocycles. The Morgan fingerprint density at radius 2 is 1.90 bits per heavy atom. The molecule has 0 heterocycles. The number of carbonyl (C=O) groups is 2. The highest BCUT2D eigenvalue weighted by Gasteiger charge is 2.21. The van der Waals surface area contributed by atoms with Crippen molar-refractivity contribution in [1.29, 1.82) is 0 Å². The minimum absolute atomic E-state index is 0.0106. The number of carboxylic acid groups (broad SMARTS) is 1. The Bertz CT molecular complexity index is 457. The van der Waals surface area contributed by atoms with Crippen LogP contribution in [-0.2, 0) is 20.7 Å². The summed E-state index contributed by atoms with van der Waals surface area (Å²) in [6.45, 7) is 4.08. The Morgan fingerprint density at radius 3 is 2.52 bits per heavy atom. The average molecular weight is 293 g/mol. The normalized spacial score (nSPS) is 11.1. The van der Waals surface area contributed by atoms with Crippen molar-refractivity contribution in [2.24, 2.45) is 0 Å². The average Bonchev–Trinajstić information content (AvgIpc) is 2.42. The van der Waals surface area contributed by atoms with E-state index in [-0.39, 0.29) is 18.9 Å². The van der Waals surface area contributed by atoms with E-state index in [1.54, 1.807) is 13.8 Å². The van der Waals surface area contributed by atoms with Gasteiger partial charge in [0.1, 0.15) is 6.61 Å². The van der Waals surface area contributed by atoms with Gasteiger partial charge in [0.2, 0.25) is 5.91 Å². The standard InChI is InChI=1S/C16H23NO4/c1-16(2,10-8-15(19)20)17-14(18)12-21-11-9-13-6-4-3-5-7-13/h3-7H,8-12H2,1-2H3,(H,17,18)(H,19,20). The van der Waals surface area contributed by atoms with Crippen molar-refractivity contribution < 1.29 is 19.4 Å². The molecule has 0 radical (unpaired) electrons. The van der Waals surface area contributed by atoms with Crippen LogP contribution < -0.4 is 5.32 Å². The van der Waals surface area contributed by atoms with Gasteiger partial charge >= 0.3 is 5.97 Å². The van der Waals surface area contributed by atoms with Crippen molar-refractivity contribution in [3.8, 4) is 0 Å². The van der Waals surface area contributed by atoms with Crippen LogP contribution in [0, 0.1) is 0 Å². The van der Waals surface area contributed by atoms with Crippen LogP contribution in [-0.4, -0.2) is 35.7 Å². The Hall–Kier alpha value is -1.88. The second-order valence-corrected chi connectivity index (χ2v) is 5.61. The minimum Gasteiger partial charge on any atom is -0.481 e. The molecule has 0 aliphatic heterocycles. The summed E-state index contributed by atoms with van der Waals surface area (Å²) in [5.41, 5.74) is 0.623. The van der Waals surface area contributed by atoms with E-state index in [0.717, 1.165) is 6.42 Å².